The maximum atomic E-state index is 12.8. The Kier molecular flexibility index (Phi) is 5.27. The molecule has 100 valence electrons. The summed E-state index contributed by atoms with van der Waals surface area (Å²) >= 11 is 0. The lowest BCUT2D eigenvalue weighted by Crippen LogP contribution is -2.22. The van der Waals surface area contributed by atoms with Crippen molar-refractivity contribution in [3.8, 4) is 0 Å². The van der Waals surface area contributed by atoms with Gasteiger partial charge in [-0.25, -0.2) is 4.39 Å². The van der Waals surface area contributed by atoms with Crippen molar-refractivity contribution >= 4 is 28.1 Å². The molecule has 4 nitrogen and oxygen atoms in total. The molecule has 3 N–H and O–H groups in total. The predicted octanol–water partition coefficient (Wildman–Crippen LogP) is 1.75. The molecule has 0 aromatic heterocycles. The summed E-state index contributed by atoms with van der Waals surface area (Å²) in [6.07, 6.45) is 0. The van der Waals surface area contributed by atoms with Crippen LogP contribution in [0.5, 0.6) is 0 Å². The van der Waals surface area contributed by atoms with Crippen LogP contribution >= 0.6 is 0 Å². The first-order chi connectivity index (χ1) is 8.38. The molecule has 1 atom stereocenters. The smallest absolute Gasteiger partial charge is 0.237 e. The maximum absolute atomic E-state index is 12.8. The topological polar surface area (TPSA) is 72.2 Å². The van der Waals surface area contributed by atoms with E-state index in [1.54, 1.807) is 0 Å². The summed E-state index contributed by atoms with van der Waals surface area (Å²) in [7, 11) is -1.19. The number of nitrogens with two attached hydrogens (primary N) is 1. The Morgan fingerprint density at radius 3 is 2.72 bits per heavy atom. The van der Waals surface area contributed by atoms with E-state index in [-0.39, 0.29) is 23.3 Å². The molecule has 0 radical (unpaired) electrons. The van der Waals surface area contributed by atoms with Gasteiger partial charge in [0.1, 0.15) is 11.6 Å². The molecule has 0 bridgehead atoms. The van der Waals surface area contributed by atoms with Gasteiger partial charge in [0.25, 0.3) is 0 Å². The Labute approximate surface area is 108 Å². The summed E-state index contributed by atoms with van der Waals surface area (Å²) in [5, 5.41) is 2.52. The molecular formula is C12H17FN2O2S. The van der Waals surface area contributed by atoms with Crippen LogP contribution in [0.2, 0.25) is 0 Å². The largest absolute Gasteiger partial charge is 0.397 e. The molecule has 0 saturated carbocycles. The second kappa shape index (κ2) is 6.49. The quantitative estimate of drug-likeness (QED) is 0.802. The molecule has 0 heterocycles. The number of carbonyl (C=O) groups excluding carboxylic acids is 1. The zero-order valence-electron chi connectivity index (χ0n) is 10.4. The highest BCUT2D eigenvalue weighted by Crippen LogP contribution is 2.18. The van der Waals surface area contributed by atoms with E-state index in [1.165, 1.54) is 12.1 Å². The lowest BCUT2D eigenvalue weighted by molar-refractivity contribution is -0.113. The average molecular weight is 272 g/mol. The molecule has 1 unspecified atom stereocenters. The number of nitrogen functional groups attached to an aromatic ring is 1. The lowest BCUT2D eigenvalue weighted by Gasteiger charge is -2.09. The molecule has 0 aliphatic rings. The van der Waals surface area contributed by atoms with Crippen LogP contribution < -0.4 is 11.1 Å². The molecule has 0 saturated heterocycles. The van der Waals surface area contributed by atoms with Gasteiger partial charge in [0.15, 0.2) is 0 Å². The highest BCUT2D eigenvalue weighted by Gasteiger charge is 2.11. The summed E-state index contributed by atoms with van der Waals surface area (Å²) in [5.41, 5.74) is 6.04. The van der Waals surface area contributed by atoms with Crippen LogP contribution in [0.4, 0.5) is 15.8 Å². The number of benzene rings is 1. The Morgan fingerprint density at radius 1 is 1.50 bits per heavy atom. The second-order valence-corrected chi connectivity index (χ2v) is 5.93. The second-order valence-electron chi connectivity index (χ2n) is 4.42. The normalized spacial score (nSPS) is 12.4. The summed E-state index contributed by atoms with van der Waals surface area (Å²) in [6, 6.07) is 3.71. The van der Waals surface area contributed by atoms with Gasteiger partial charge in [-0.2, -0.15) is 0 Å². The van der Waals surface area contributed by atoms with Gasteiger partial charge in [0, 0.05) is 16.6 Å². The molecule has 0 spiro atoms. The first-order valence-electron chi connectivity index (χ1n) is 5.58. The Hall–Kier alpha value is -1.43. The molecule has 18 heavy (non-hydrogen) atoms. The Balaban J connectivity index is 2.57. The van der Waals surface area contributed by atoms with Crippen molar-refractivity contribution in [2.45, 2.75) is 13.8 Å². The van der Waals surface area contributed by atoms with Crippen molar-refractivity contribution < 1.29 is 13.4 Å². The number of nitrogens with one attached hydrogen (secondary N) is 1. The number of carbonyl (C=O) groups is 1. The van der Waals surface area contributed by atoms with Gasteiger partial charge in [-0.15, -0.1) is 0 Å². The molecule has 0 aliphatic heterocycles. The number of hydrogen-bond acceptors (Lipinski definition) is 3. The average Bonchev–Trinajstić information content (AvgIpc) is 2.20. The van der Waals surface area contributed by atoms with Crippen LogP contribution in [0, 0.1) is 11.7 Å². The van der Waals surface area contributed by atoms with Crippen LogP contribution in [0.15, 0.2) is 18.2 Å². The minimum atomic E-state index is -1.19. The fraction of sp³-hybridized carbons (Fsp3) is 0.417. The summed E-state index contributed by atoms with van der Waals surface area (Å²) in [6.45, 7) is 3.88. The van der Waals surface area contributed by atoms with Gasteiger partial charge in [0.05, 0.1) is 11.4 Å². The zero-order valence-corrected chi connectivity index (χ0v) is 11.2. The third-order valence-electron chi connectivity index (χ3n) is 2.10. The highest BCUT2D eigenvalue weighted by molar-refractivity contribution is 7.85. The first-order valence-corrected chi connectivity index (χ1v) is 7.07. The fourth-order valence-electron chi connectivity index (χ4n) is 1.41. The third-order valence-corrected chi connectivity index (χ3v) is 3.72. The SMILES string of the molecule is CC(C)CS(=O)CC(=O)Nc1ccc(F)cc1N. The summed E-state index contributed by atoms with van der Waals surface area (Å²) in [5.74, 6) is -0.169. The van der Waals surface area contributed by atoms with Gasteiger partial charge >= 0.3 is 0 Å². The van der Waals surface area contributed by atoms with Crippen molar-refractivity contribution in [1.82, 2.24) is 0 Å². The monoisotopic (exact) mass is 272 g/mol. The molecule has 0 aliphatic carbocycles. The molecular weight excluding hydrogens is 255 g/mol. The third kappa shape index (κ3) is 4.83. The fourth-order valence-corrected chi connectivity index (χ4v) is 2.64. The summed E-state index contributed by atoms with van der Waals surface area (Å²) in [4.78, 5) is 11.6. The van der Waals surface area contributed by atoms with Crippen molar-refractivity contribution in [3.05, 3.63) is 24.0 Å². The van der Waals surface area contributed by atoms with Crippen molar-refractivity contribution in [1.29, 1.82) is 0 Å². The standard InChI is InChI=1S/C12H17FN2O2S/c1-8(2)6-18(17)7-12(16)15-11-4-3-9(13)5-10(11)14/h3-5,8H,6-7,14H2,1-2H3,(H,15,16). The predicted molar refractivity (Wildman–Crippen MR) is 72.2 cm³/mol. The summed E-state index contributed by atoms with van der Waals surface area (Å²) < 4.78 is 24.3. The van der Waals surface area contributed by atoms with Crippen molar-refractivity contribution in [2.24, 2.45) is 5.92 Å². The van der Waals surface area contributed by atoms with Crippen LogP contribution in [0.1, 0.15) is 13.8 Å². The van der Waals surface area contributed by atoms with Gasteiger partial charge < -0.3 is 11.1 Å². The van der Waals surface area contributed by atoms with E-state index in [4.69, 9.17) is 5.73 Å². The Morgan fingerprint density at radius 2 is 2.17 bits per heavy atom. The minimum Gasteiger partial charge on any atom is -0.397 e. The van der Waals surface area contributed by atoms with Crippen LogP contribution in [0.3, 0.4) is 0 Å². The van der Waals surface area contributed by atoms with Crippen molar-refractivity contribution in [3.63, 3.8) is 0 Å². The lowest BCUT2D eigenvalue weighted by atomic mass is 10.2. The van der Waals surface area contributed by atoms with E-state index in [9.17, 15) is 13.4 Å². The number of amides is 1. The molecule has 1 aromatic rings. The van der Waals surface area contributed by atoms with Gasteiger partial charge in [-0.05, 0) is 24.1 Å². The van der Waals surface area contributed by atoms with Crippen LogP contribution in [-0.4, -0.2) is 21.6 Å². The molecule has 1 rings (SSSR count). The minimum absolute atomic E-state index is 0.0744. The molecule has 0 fully saturated rings. The van der Waals surface area contributed by atoms with E-state index >= 15 is 0 Å². The van der Waals surface area contributed by atoms with E-state index < -0.39 is 16.6 Å². The Bertz CT molecular complexity index is 463. The van der Waals surface area contributed by atoms with Crippen molar-refractivity contribution in [2.75, 3.05) is 22.6 Å². The number of anilines is 2. The number of rotatable bonds is 5. The van der Waals surface area contributed by atoms with Crippen LogP contribution in [-0.2, 0) is 15.6 Å². The molecule has 1 aromatic carbocycles. The van der Waals surface area contributed by atoms with E-state index in [0.29, 0.717) is 11.4 Å². The number of halogens is 1. The maximum Gasteiger partial charge on any atom is 0.237 e. The van der Waals surface area contributed by atoms with Gasteiger partial charge in [-0.1, -0.05) is 13.8 Å². The zero-order chi connectivity index (χ0) is 13.7. The molecule has 6 heteroatoms. The van der Waals surface area contributed by atoms with E-state index in [1.807, 2.05) is 13.8 Å². The highest BCUT2D eigenvalue weighted by atomic mass is 32.2. The van der Waals surface area contributed by atoms with E-state index in [2.05, 4.69) is 5.32 Å². The van der Waals surface area contributed by atoms with Gasteiger partial charge in [-0.3, -0.25) is 9.00 Å². The van der Waals surface area contributed by atoms with Gasteiger partial charge in [0.2, 0.25) is 5.91 Å². The number of hydrogen-bond donors (Lipinski definition) is 2. The van der Waals surface area contributed by atoms with Crippen LogP contribution in [0.25, 0.3) is 0 Å². The van der Waals surface area contributed by atoms with E-state index in [0.717, 1.165) is 6.07 Å². The molecule has 1 amide bonds. The first kappa shape index (κ1) is 14.6.